The van der Waals surface area contributed by atoms with Crippen molar-refractivity contribution >= 4 is 11.6 Å². The van der Waals surface area contributed by atoms with Gasteiger partial charge in [-0.2, -0.15) is 18.3 Å². The summed E-state index contributed by atoms with van der Waals surface area (Å²) in [5.41, 5.74) is -0.782. The lowest BCUT2D eigenvalue weighted by atomic mass is 10.3. The van der Waals surface area contributed by atoms with Crippen molar-refractivity contribution in [3.8, 4) is 0 Å². The zero-order valence-corrected chi connectivity index (χ0v) is 11.7. The van der Waals surface area contributed by atoms with Gasteiger partial charge in [-0.25, -0.2) is 9.50 Å². The average molecular weight is 314 g/mol. The van der Waals surface area contributed by atoms with Crippen molar-refractivity contribution in [1.82, 2.24) is 19.5 Å². The maximum atomic E-state index is 13.1. The van der Waals surface area contributed by atoms with Crippen LogP contribution in [0.15, 0.2) is 12.1 Å². The van der Waals surface area contributed by atoms with Gasteiger partial charge in [-0.15, -0.1) is 0 Å². The third-order valence-electron chi connectivity index (χ3n) is 3.36. The summed E-state index contributed by atoms with van der Waals surface area (Å²) in [4.78, 5) is 17.8. The highest BCUT2D eigenvalue weighted by Gasteiger charge is 2.35. The fourth-order valence-electron chi connectivity index (χ4n) is 2.33. The molecule has 0 aliphatic carbocycles. The number of hydrogen-bond acceptors (Lipinski definition) is 4. The molecule has 0 saturated carbocycles. The number of carbonyl (C=O) groups excluding carboxylic acids is 1. The summed E-state index contributed by atoms with van der Waals surface area (Å²) < 4.78 is 45.0. The van der Waals surface area contributed by atoms with E-state index in [9.17, 15) is 18.0 Å². The number of hydrogen-bond donors (Lipinski definition) is 0. The molecule has 3 rings (SSSR count). The van der Waals surface area contributed by atoms with Crippen molar-refractivity contribution < 1.29 is 22.7 Å². The Kier molecular flexibility index (Phi) is 3.51. The van der Waals surface area contributed by atoms with Crippen molar-refractivity contribution in [2.75, 3.05) is 26.3 Å². The number of fused-ring (bicyclic) bond motifs is 1. The maximum Gasteiger partial charge on any atom is 0.433 e. The van der Waals surface area contributed by atoms with Crippen LogP contribution in [0.1, 0.15) is 21.9 Å². The molecule has 6 nitrogen and oxygen atoms in total. The monoisotopic (exact) mass is 314 g/mol. The molecule has 0 aromatic carbocycles. The minimum absolute atomic E-state index is 0.00364. The molecular weight excluding hydrogens is 301 g/mol. The Balaban J connectivity index is 2.04. The number of alkyl halides is 3. The molecule has 2 aromatic rings. The minimum Gasteiger partial charge on any atom is -0.378 e. The van der Waals surface area contributed by atoms with Gasteiger partial charge in [0.05, 0.1) is 13.2 Å². The lowest BCUT2D eigenvalue weighted by Crippen LogP contribution is -2.40. The Morgan fingerprint density at radius 1 is 1.27 bits per heavy atom. The minimum atomic E-state index is -4.57. The highest BCUT2D eigenvalue weighted by Crippen LogP contribution is 2.29. The van der Waals surface area contributed by atoms with Crippen LogP contribution in [0.4, 0.5) is 13.2 Å². The molecule has 1 fully saturated rings. The molecule has 0 atom stereocenters. The normalized spacial score (nSPS) is 16.3. The van der Waals surface area contributed by atoms with Gasteiger partial charge in [-0.3, -0.25) is 4.79 Å². The lowest BCUT2D eigenvalue weighted by Gasteiger charge is -2.25. The van der Waals surface area contributed by atoms with Crippen LogP contribution in [0.5, 0.6) is 0 Å². The molecule has 0 unspecified atom stereocenters. The fourth-order valence-corrected chi connectivity index (χ4v) is 2.33. The van der Waals surface area contributed by atoms with Crippen LogP contribution in [0, 0.1) is 6.92 Å². The van der Waals surface area contributed by atoms with Crippen molar-refractivity contribution in [2.24, 2.45) is 0 Å². The first kappa shape index (κ1) is 14.8. The molecule has 2 aromatic heterocycles. The molecule has 0 bridgehead atoms. The molecule has 9 heteroatoms. The van der Waals surface area contributed by atoms with Crippen LogP contribution in [0.3, 0.4) is 0 Å². The molecule has 118 valence electrons. The van der Waals surface area contributed by atoms with Gasteiger partial charge >= 0.3 is 6.18 Å². The number of ether oxygens (including phenoxy) is 1. The number of halogens is 3. The standard InChI is InChI=1S/C13H13F3N4O2/c1-8-6-10(13(14,15)16)20-11(17-8)7-9(18-20)12(21)19-2-4-22-5-3-19/h6-7H,2-5H2,1H3. The van der Waals surface area contributed by atoms with Gasteiger partial charge in [0.1, 0.15) is 5.69 Å². The number of nitrogens with zero attached hydrogens (tertiary/aromatic N) is 4. The van der Waals surface area contributed by atoms with E-state index in [0.29, 0.717) is 30.8 Å². The van der Waals surface area contributed by atoms with Gasteiger partial charge in [0.2, 0.25) is 0 Å². The summed E-state index contributed by atoms with van der Waals surface area (Å²) in [6.07, 6.45) is -4.57. The Bertz CT molecular complexity index is 720. The highest BCUT2D eigenvalue weighted by molar-refractivity contribution is 5.93. The first-order chi connectivity index (χ1) is 10.4. The van der Waals surface area contributed by atoms with Crippen LogP contribution in [0.25, 0.3) is 5.65 Å². The number of amides is 1. The predicted molar refractivity (Wildman–Crippen MR) is 69.4 cm³/mol. The molecule has 0 N–H and O–H groups in total. The molecule has 0 radical (unpaired) electrons. The van der Waals surface area contributed by atoms with E-state index in [-0.39, 0.29) is 17.0 Å². The second-order valence-electron chi connectivity index (χ2n) is 4.98. The van der Waals surface area contributed by atoms with E-state index in [1.165, 1.54) is 17.9 Å². The van der Waals surface area contributed by atoms with Crippen molar-refractivity contribution in [2.45, 2.75) is 13.1 Å². The van der Waals surface area contributed by atoms with Crippen LogP contribution >= 0.6 is 0 Å². The summed E-state index contributed by atoms with van der Waals surface area (Å²) in [6, 6.07) is 2.18. The van der Waals surface area contributed by atoms with E-state index in [0.717, 1.165) is 6.07 Å². The molecular formula is C13H13F3N4O2. The third-order valence-corrected chi connectivity index (χ3v) is 3.36. The average Bonchev–Trinajstić information content (AvgIpc) is 2.89. The number of carbonyl (C=O) groups is 1. The maximum absolute atomic E-state index is 13.1. The van der Waals surface area contributed by atoms with E-state index < -0.39 is 17.8 Å². The van der Waals surface area contributed by atoms with Crippen LogP contribution in [0.2, 0.25) is 0 Å². The molecule has 3 heterocycles. The third kappa shape index (κ3) is 2.63. The van der Waals surface area contributed by atoms with E-state index in [1.54, 1.807) is 0 Å². The summed E-state index contributed by atoms with van der Waals surface area (Å²) in [6.45, 7) is 3.07. The molecule has 0 spiro atoms. The van der Waals surface area contributed by atoms with Crippen molar-refractivity contribution in [1.29, 1.82) is 0 Å². The summed E-state index contributed by atoms with van der Waals surface area (Å²) >= 11 is 0. The smallest absolute Gasteiger partial charge is 0.378 e. The van der Waals surface area contributed by atoms with Crippen LogP contribution in [-0.4, -0.2) is 51.7 Å². The number of rotatable bonds is 1. The quantitative estimate of drug-likeness (QED) is 0.801. The number of aromatic nitrogens is 3. The summed E-state index contributed by atoms with van der Waals surface area (Å²) in [7, 11) is 0. The highest BCUT2D eigenvalue weighted by atomic mass is 19.4. The molecule has 1 saturated heterocycles. The number of morpholine rings is 1. The first-order valence-corrected chi connectivity index (χ1v) is 6.68. The van der Waals surface area contributed by atoms with Gasteiger partial charge < -0.3 is 9.64 Å². The summed E-state index contributed by atoms with van der Waals surface area (Å²) in [5, 5.41) is 3.80. The zero-order valence-electron chi connectivity index (χ0n) is 11.7. The largest absolute Gasteiger partial charge is 0.433 e. The second-order valence-corrected chi connectivity index (χ2v) is 4.98. The molecule has 1 aliphatic heterocycles. The Hall–Kier alpha value is -2.16. The second kappa shape index (κ2) is 5.24. The molecule has 1 aliphatic rings. The van der Waals surface area contributed by atoms with E-state index in [2.05, 4.69) is 10.1 Å². The van der Waals surface area contributed by atoms with E-state index in [1.807, 2.05) is 0 Å². The first-order valence-electron chi connectivity index (χ1n) is 6.68. The van der Waals surface area contributed by atoms with Gasteiger partial charge in [-0.1, -0.05) is 0 Å². The van der Waals surface area contributed by atoms with Gasteiger partial charge in [-0.05, 0) is 13.0 Å². The van der Waals surface area contributed by atoms with E-state index >= 15 is 0 Å². The fraction of sp³-hybridized carbons (Fsp3) is 0.462. The van der Waals surface area contributed by atoms with Gasteiger partial charge in [0.25, 0.3) is 5.91 Å². The molecule has 1 amide bonds. The lowest BCUT2D eigenvalue weighted by molar-refractivity contribution is -0.142. The predicted octanol–water partition coefficient (Wildman–Crippen LogP) is 1.53. The van der Waals surface area contributed by atoms with Gasteiger partial charge in [0, 0.05) is 24.8 Å². The van der Waals surface area contributed by atoms with Crippen LogP contribution < -0.4 is 0 Å². The summed E-state index contributed by atoms with van der Waals surface area (Å²) in [5.74, 6) is -0.417. The van der Waals surface area contributed by atoms with Crippen LogP contribution in [-0.2, 0) is 10.9 Å². The van der Waals surface area contributed by atoms with Crippen molar-refractivity contribution in [3.63, 3.8) is 0 Å². The van der Waals surface area contributed by atoms with Gasteiger partial charge in [0.15, 0.2) is 11.3 Å². The molecule has 22 heavy (non-hydrogen) atoms. The SMILES string of the molecule is Cc1cc(C(F)(F)F)n2nc(C(=O)N3CCOCC3)cc2n1. The van der Waals surface area contributed by atoms with E-state index in [4.69, 9.17) is 4.74 Å². The topological polar surface area (TPSA) is 59.7 Å². The Labute approximate surface area is 123 Å². The Morgan fingerprint density at radius 3 is 2.59 bits per heavy atom. The number of aryl methyl sites for hydroxylation is 1. The zero-order chi connectivity index (χ0) is 15.9. The van der Waals surface area contributed by atoms with Crippen molar-refractivity contribution in [3.05, 3.63) is 29.2 Å². The Morgan fingerprint density at radius 2 is 1.95 bits per heavy atom.